The first kappa shape index (κ1) is 32.0. The van der Waals surface area contributed by atoms with Gasteiger partial charge < -0.3 is 14.7 Å². The first-order chi connectivity index (χ1) is 22.7. The number of aromatic nitrogens is 2. The van der Waals surface area contributed by atoms with Gasteiger partial charge >= 0.3 is 5.91 Å². The molecule has 4 aromatic carbocycles. The third-order valence-electron chi connectivity index (χ3n) is 7.83. The van der Waals surface area contributed by atoms with E-state index in [2.05, 4.69) is 10.2 Å². The number of ether oxygens (including phenoxy) is 1. The number of nitrogens with zero attached hydrogens (tertiary/aromatic N) is 4. The Balaban J connectivity index is 1.31. The number of Topliss-reactive ketones (excluding diaryl/α,β-unsaturated/α-hetero) is 1. The average molecular weight is 667 g/mol. The van der Waals surface area contributed by atoms with Crippen molar-refractivity contribution in [1.29, 1.82) is 0 Å². The van der Waals surface area contributed by atoms with Crippen LogP contribution in [0.15, 0.2) is 107 Å². The van der Waals surface area contributed by atoms with Crippen LogP contribution in [0.25, 0.3) is 5.76 Å². The number of carbonyl (C=O) groups excluding carboxylic acids is 2. The molecule has 0 spiro atoms. The largest absolute Gasteiger partial charge is 0.507 e. The molecule has 0 radical (unpaired) electrons. The number of amides is 1. The number of anilines is 2. The molecule has 1 amide bonds. The van der Waals surface area contributed by atoms with Crippen LogP contribution in [-0.2, 0) is 21.9 Å². The second-order valence-corrected chi connectivity index (χ2v) is 13.3. The number of aliphatic hydroxyl groups excluding tert-OH is 1. The van der Waals surface area contributed by atoms with E-state index >= 15 is 0 Å². The number of carbonyl (C=O) groups is 2. The first-order valence-corrected chi connectivity index (χ1v) is 16.6. The van der Waals surface area contributed by atoms with Gasteiger partial charge in [0.2, 0.25) is 5.13 Å². The lowest BCUT2D eigenvalue weighted by Crippen LogP contribution is -2.29. The van der Waals surface area contributed by atoms with E-state index < -0.39 is 17.7 Å². The van der Waals surface area contributed by atoms with E-state index in [9.17, 15) is 19.1 Å². The zero-order valence-electron chi connectivity index (χ0n) is 25.9. The molecule has 1 aliphatic heterocycles. The monoisotopic (exact) mass is 666 g/mol. The molecule has 5 aromatic rings. The lowest BCUT2D eigenvalue weighted by atomic mass is 9.95. The predicted molar refractivity (Wildman–Crippen MR) is 183 cm³/mol. The minimum absolute atomic E-state index is 0.0445. The van der Waals surface area contributed by atoms with Crippen LogP contribution in [0, 0.1) is 12.7 Å². The van der Waals surface area contributed by atoms with Crippen LogP contribution in [0.5, 0.6) is 5.75 Å². The van der Waals surface area contributed by atoms with Crippen molar-refractivity contribution in [3.05, 3.63) is 136 Å². The Labute approximate surface area is 280 Å². The van der Waals surface area contributed by atoms with Gasteiger partial charge in [0.25, 0.3) is 5.78 Å². The van der Waals surface area contributed by atoms with Gasteiger partial charge in [-0.2, -0.15) is 0 Å². The highest BCUT2D eigenvalue weighted by atomic mass is 32.2. The smallest absolute Gasteiger partial charge is 0.301 e. The van der Waals surface area contributed by atoms with Crippen molar-refractivity contribution < 1.29 is 23.8 Å². The number of aliphatic hydroxyl groups is 1. The number of hydrogen-bond donors (Lipinski definition) is 1. The average Bonchev–Trinajstić information content (AvgIpc) is 3.65. The second kappa shape index (κ2) is 13.8. The molecule has 6 rings (SSSR count). The zero-order chi connectivity index (χ0) is 33.1. The number of benzene rings is 4. The summed E-state index contributed by atoms with van der Waals surface area (Å²) in [5.41, 5.74) is 4.98. The molecule has 0 saturated carbocycles. The molecule has 47 heavy (non-hydrogen) atoms. The van der Waals surface area contributed by atoms with Crippen molar-refractivity contribution in [3.8, 4) is 5.75 Å². The minimum Gasteiger partial charge on any atom is -0.507 e. The summed E-state index contributed by atoms with van der Waals surface area (Å²) in [6.45, 7) is 2.41. The molecule has 1 aliphatic rings. The van der Waals surface area contributed by atoms with Gasteiger partial charge in [0.15, 0.2) is 4.34 Å². The van der Waals surface area contributed by atoms with Gasteiger partial charge in [0.05, 0.1) is 11.6 Å². The van der Waals surface area contributed by atoms with E-state index in [0.717, 1.165) is 22.4 Å². The van der Waals surface area contributed by atoms with E-state index in [4.69, 9.17) is 4.74 Å². The lowest BCUT2D eigenvalue weighted by Gasteiger charge is -2.23. The van der Waals surface area contributed by atoms with Gasteiger partial charge in [-0.15, -0.1) is 10.2 Å². The first-order valence-electron chi connectivity index (χ1n) is 14.8. The Morgan fingerprint density at radius 1 is 0.957 bits per heavy atom. The number of rotatable bonds is 10. The number of hydrogen-bond acceptors (Lipinski definition) is 9. The molecule has 1 atom stereocenters. The van der Waals surface area contributed by atoms with Crippen LogP contribution in [0.1, 0.15) is 33.9 Å². The molecule has 1 unspecified atom stereocenters. The van der Waals surface area contributed by atoms with Gasteiger partial charge in [0, 0.05) is 31.1 Å². The molecule has 11 heteroatoms. The Morgan fingerprint density at radius 2 is 1.66 bits per heavy atom. The molecular formula is C36H31FN4O4S2. The summed E-state index contributed by atoms with van der Waals surface area (Å²) in [7, 11) is 3.84. The quantitative estimate of drug-likeness (QED) is 0.0537. The topological polar surface area (TPSA) is 95.9 Å². The fourth-order valence-electron chi connectivity index (χ4n) is 5.18. The fraction of sp³-hybridized carbons (Fsp3) is 0.167. The van der Waals surface area contributed by atoms with Gasteiger partial charge in [-0.25, -0.2) is 4.39 Å². The molecule has 238 valence electrons. The highest BCUT2D eigenvalue weighted by molar-refractivity contribution is 8.00. The third kappa shape index (κ3) is 6.91. The SMILES string of the molecule is Cc1ccccc1COc1ccc(/C(O)=C2\C(=O)C(=O)N(c3nnc(SCc4ccc(F)cc4)s3)C2c2ccc(N(C)C)cc2)cc1. The Hall–Kier alpha value is -5.00. The molecule has 1 aromatic heterocycles. The number of thioether (sulfide) groups is 1. The van der Waals surface area contributed by atoms with Crippen LogP contribution in [0.3, 0.4) is 0 Å². The summed E-state index contributed by atoms with van der Waals surface area (Å²) in [6.07, 6.45) is 0. The predicted octanol–water partition coefficient (Wildman–Crippen LogP) is 7.55. The maximum Gasteiger partial charge on any atom is 0.301 e. The van der Waals surface area contributed by atoms with E-state index in [1.165, 1.54) is 40.1 Å². The molecule has 1 fully saturated rings. The highest BCUT2D eigenvalue weighted by Crippen LogP contribution is 2.44. The standard InChI is InChI=1S/C36H31FN4O4S2/c1-22-6-4-5-7-26(22)20-45-29-18-12-25(13-19-29)32(42)30-31(24-10-16-28(17-11-24)40(2)3)41(34(44)33(30)43)35-38-39-36(47-35)46-21-23-8-14-27(37)15-9-23/h4-19,31,42H,20-21H2,1-3H3/b32-30+. The van der Waals surface area contributed by atoms with Crippen molar-refractivity contribution in [2.45, 2.75) is 29.7 Å². The molecule has 0 bridgehead atoms. The molecular weight excluding hydrogens is 636 g/mol. The van der Waals surface area contributed by atoms with Crippen LogP contribution >= 0.6 is 23.1 Å². The van der Waals surface area contributed by atoms with Crippen LogP contribution < -0.4 is 14.5 Å². The fourth-order valence-corrected chi connectivity index (χ4v) is 7.00. The second-order valence-electron chi connectivity index (χ2n) is 11.2. The number of aryl methyl sites for hydroxylation is 1. The minimum atomic E-state index is -0.939. The van der Waals surface area contributed by atoms with Crippen LogP contribution in [-0.4, -0.2) is 41.1 Å². The van der Waals surface area contributed by atoms with Crippen molar-refractivity contribution >= 4 is 51.4 Å². The van der Waals surface area contributed by atoms with E-state index in [1.54, 1.807) is 36.4 Å². The molecule has 1 saturated heterocycles. The van der Waals surface area contributed by atoms with Gasteiger partial charge in [-0.1, -0.05) is 71.6 Å². The molecule has 2 heterocycles. The van der Waals surface area contributed by atoms with Gasteiger partial charge in [-0.05, 0) is 77.7 Å². The normalized spacial score (nSPS) is 15.7. The van der Waals surface area contributed by atoms with E-state index in [-0.39, 0.29) is 22.3 Å². The zero-order valence-corrected chi connectivity index (χ0v) is 27.5. The molecule has 1 N–H and O–H groups in total. The van der Waals surface area contributed by atoms with E-state index in [1.807, 2.05) is 74.4 Å². The summed E-state index contributed by atoms with van der Waals surface area (Å²) in [5, 5.41) is 20.3. The summed E-state index contributed by atoms with van der Waals surface area (Å²) in [5.74, 6) is -1.12. The van der Waals surface area contributed by atoms with Crippen molar-refractivity contribution in [1.82, 2.24) is 10.2 Å². The van der Waals surface area contributed by atoms with Crippen LogP contribution in [0.2, 0.25) is 0 Å². The summed E-state index contributed by atoms with van der Waals surface area (Å²) in [6, 6.07) is 27.4. The third-order valence-corrected chi connectivity index (χ3v) is 9.96. The maximum absolute atomic E-state index is 13.6. The molecule has 8 nitrogen and oxygen atoms in total. The Kier molecular flexibility index (Phi) is 9.37. The highest BCUT2D eigenvalue weighted by Gasteiger charge is 2.48. The van der Waals surface area contributed by atoms with E-state index in [0.29, 0.717) is 33.6 Å². The Morgan fingerprint density at radius 3 is 2.34 bits per heavy atom. The van der Waals surface area contributed by atoms with Gasteiger partial charge in [-0.3, -0.25) is 14.5 Å². The van der Waals surface area contributed by atoms with Crippen molar-refractivity contribution in [2.24, 2.45) is 0 Å². The summed E-state index contributed by atoms with van der Waals surface area (Å²) in [4.78, 5) is 30.5. The van der Waals surface area contributed by atoms with Gasteiger partial charge in [0.1, 0.15) is 23.9 Å². The maximum atomic E-state index is 13.6. The molecule has 0 aliphatic carbocycles. The van der Waals surface area contributed by atoms with Crippen molar-refractivity contribution in [2.75, 3.05) is 23.9 Å². The lowest BCUT2D eigenvalue weighted by molar-refractivity contribution is -0.132. The van der Waals surface area contributed by atoms with Crippen LogP contribution in [0.4, 0.5) is 15.2 Å². The number of halogens is 1. The van der Waals surface area contributed by atoms with Crippen molar-refractivity contribution in [3.63, 3.8) is 0 Å². The summed E-state index contributed by atoms with van der Waals surface area (Å²) >= 11 is 2.56. The number of ketones is 1. The summed E-state index contributed by atoms with van der Waals surface area (Å²) < 4.78 is 19.9. The Bertz CT molecular complexity index is 1940.